The molecule has 0 atom stereocenters. The maximum absolute atomic E-state index is 11.8. The first-order valence-electron chi connectivity index (χ1n) is 5.31. The molecule has 0 fully saturated rings. The fraction of sp³-hybridized carbons (Fsp3) is 0.500. The third-order valence-corrected chi connectivity index (χ3v) is 3.08. The summed E-state index contributed by atoms with van der Waals surface area (Å²) in [6.45, 7) is 0. The fourth-order valence-electron chi connectivity index (χ4n) is 2.27. The van der Waals surface area contributed by atoms with E-state index in [0.29, 0.717) is 5.56 Å². The van der Waals surface area contributed by atoms with Crippen molar-refractivity contribution in [3.05, 3.63) is 33.2 Å². The van der Waals surface area contributed by atoms with Crippen LogP contribution in [0.1, 0.15) is 29.7 Å². The van der Waals surface area contributed by atoms with Gasteiger partial charge >= 0.3 is 0 Å². The lowest BCUT2D eigenvalue weighted by atomic mass is 9.94. The zero-order chi connectivity index (χ0) is 10.8. The number of nitrogens with zero attached hydrogens (tertiary/aromatic N) is 2. The monoisotopic (exact) mass is 202 g/mol. The molecule has 0 amide bonds. The van der Waals surface area contributed by atoms with Crippen LogP contribution < -0.4 is 5.56 Å². The van der Waals surface area contributed by atoms with Gasteiger partial charge in [0.15, 0.2) is 0 Å². The number of pyridine rings is 1. The van der Waals surface area contributed by atoms with Gasteiger partial charge in [0.2, 0.25) is 0 Å². The molecule has 0 N–H and O–H groups in total. The van der Waals surface area contributed by atoms with E-state index < -0.39 is 0 Å². The molecule has 0 bridgehead atoms. The molecule has 0 unspecified atom stereocenters. The van der Waals surface area contributed by atoms with Crippen LogP contribution in [0.2, 0.25) is 0 Å². The molecule has 0 spiro atoms. The van der Waals surface area contributed by atoms with Crippen LogP contribution in [-0.2, 0) is 26.3 Å². The van der Waals surface area contributed by atoms with Gasteiger partial charge < -0.3 is 4.57 Å². The standard InChI is InChI=1S/C12H14N2O/c1-14-11-5-3-2-4-9(11)8-10(6-7-13)12(14)15/h8H,2-6H2,1H3. The van der Waals surface area contributed by atoms with E-state index in [2.05, 4.69) is 0 Å². The molecule has 78 valence electrons. The van der Waals surface area contributed by atoms with Gasteiger partial charge in [0.25, 0.3) is 5.56 Å². The second-order valence-electron chi connectivity index (χ2n) is 4.05. The van der Waals surface area contributed by atoms with Crippen molar-refractivity contribution in [2.75, 3.05) is 0 Å². The van der Waals surface area contributed by atoms with Gasteiger partial charge in [-0.1, -0.05) is 0 Å². The molecular weight excluding hydrogens is 188 g/mol. The van der Waals surface area contributed by atoms with E-state index in [-0.39, 0.29) is 12.0 Å². The summed E-state index contributed by atoms with van der Waals surface area (Å²) in [5.74, 6) is 0. The minimum absolute atomic E-state index is 0.00259. The van der Waals surface area contributed by atoms with Gasteiger partial charge in [-0.3, -0.25) is 4.79 Å². The van der Waals surface area contributed by atoms with E-state index >= 15 is 0 Å². The summed E-state index contributed by atoms with van der Waals surface area (Å²) in [4.78, 5) is 11.8. The molecule has 2 rings (SSSR count). The quantitative estimate of drug-likeness (QED) is 0.689. The number of aryl methyl sites for hydroxylation is 1. The van der Waals surface area contributed by atoms with Crippen LogP contribution in [0, 0.1) is 11.3 Å². The molecule has 1 aromatic rings. The summed E-state index contributed by atoms with van der Waals surface area (Å²) >= 11 is 0. The summed E-state index contributed by atoms with van der Waals surface area (Å²) < 4.78 is 1.72. The Morgan fingerprint density at radius 2 is 2.20 bits per heavy atom. The van der Waals surface area contributed by atoms with E-state index in [1.54, 1.807) is 4.57 Å². The van der Waals surface area contributed by atoms with E-state index in [4.69, 9.17) is 5.26 Å². The first-order valence-corrected chi connectivity index (χ1v) is 5.31. The highest BCUT2D eigenvalue weighted by Crippen LogP contribution is 2.20. The zero-order valence-corrected chi connectivity index (χ0v) is 8.92. The van der Waals surface area contributed by atoms with Crippen molar-refractivity contribution in [1.29, 1.82) is 5.26 Å². The van der Waals surface area contributed by atoms with Crippen LogP contribution in [0.5, 0.6) is 0 Å². The molecule has 0 aromatic carbocycles. The highest BCUT2D eigenvalue weighted by molar-refractivity contribution is 5.30. The third kappa shape index (κ3) is 1.68. The summed E-state index contributed by atoms with van der Waals surface area (Å²) in [5.41, 5.74) is 3.05. The minimum Gasteiger partial charge on any atom is -0.315 e. The molecule has 0 saturated heterocycles. The maximum Gasteiger partial charge on any atom is 0.254 e. The zero-order valence-electron chi connectivity index (χ0n) is 8.92. The number of rotatable bonds is 1. The molecule has 0 aliphatic heterocycles. The highest BCUT2D eigenvalue weighted by Gasteiger charge is 2.15. The Hall–Kier alpha value is -1.56. The topological polar surface area (TPSA) is 45.8 Å². The average Bonchev–Trinajstić information content (AvgIpc) is 2.26. The second-order valence-corrected chi connectivity index (χ2v) is 4.05. The number of fused-ring (bicyclic) bond motifs is 1. The van der Waals surface area contributed by atoms with Gasteiger partial charge in [0.05, 0.1) is 12.5 Å². The Morgan fingerprint density at radius 3 is 2.93 bits per heavy atom. The van der Waals surface area contributed by atoms with E-state index in [0.717, 1.165) is 25.0 Å². The Morgan fingerprint density at radius 1 is 1.47 bits per heavy atom. The molecule has 0 saturated carbocycles. The molecule has 1 aliphatic rings. The van der Waals surface area contributed by atoms with Crippen LogP contribution in [0.3, 0.4) is 0 Å². The van der Waals surface area contributed by atoms with Crippen molar-refractivity contribution in [3.63, 3.8) is 0 Å². The second kappa shape index (κ2) is 3.90. The number of hydrogen-bond donors (Lipinski definition) is 0. The van der Waals surface area contributed by atoms with Gasteiger partial charge in [0.1, 0.15) is 0 Å². The minimum atomic E-state index is -0.00259. The molecule has 3 nitrogen and oxygen atoms in total. The van der Waals surface area contributed by atoms with Crippen LogP contribution >= 0.6 is 0 Å². The average molecular weight is 202 g/mol. The molecule has 1 heterocycles. The summed E-state index contributed by atoms with van der Waals surface area (Å²) in [7, 11) is 1.81. The Labute approximate surface area is 89.0 Å². The Kier molecular flexibility index (Phi) is 2.59. The molecule has 3 heteroatoms. The SMILES string of the molecule is Cn1c2c(cc(CC#N)c1=O)CCCC2. The summed E-state index contributed by atoms with van der Waals surface area (Å²) in [6.07, 6.45) is 4.62. The predicted octanol–water partition coefficient (Wildman–Crippen LogP) is 1.33. The van der Waals surface area contributed by atoms with Crippen LogP contribution in [0.15, 0.2) is 10.9 Å². The fourth-order valence-corrected chi connectivity index (χ4v) is 2.27. The van der Waals surface area contributed by atoms with Gasteiger partial charge in [-0.2, -0.15) is 5.26 Å². The Balaban J connectivity index is 2.59. The third-order valence-electron chi connectivity index (χ3n) is 3.08. The lowest BCUT2D eigenvalue weighted by molar-refractivity contribution is 0.620. The van der Waals surface area contributed by atoms with Crippen molar-refractivity contribution < 1.29 is 0 Å². The summed E-state index contributed by atoms with van der Waals surface area (Å²) in [6, 6.07) is 3.98. The van der Waals surface area contributed by atoms with Crippen LogP contribution in [0.4, 0.5) is 0 Å². The van der Waals surface area contributed by atoms with Gasteiger partial charge in [-0.25, -0.2) is 0 Å². The maximum atomic E-state index is 11.8. The number of hydrogen-bond acceptors (Lipinski definition) is 2. The summed E-state index contributed by atoms with van der Waals surface area (Å²) in [5, 5.41) is 8.64. The lowest BCUT2D eigenvalue weighted by Crippen LogP contribution is -2.27. The van der Waals surface area contributed by atoms with Crippen molar-refractivity contribution in [1.82, 2.24) is 4.57 Å². The van der Waals surface area contributed by atoms with E-state index in [1.165, 1.54) is 12.0 Å². The van der Waals surface area contributed by atoms with Crippen molar-refractivity contribution >= 4 is 0 Å². The first kappa shape index (κ1) is 9.97. The largest absolute Gasteiger partial charge is 0.315 e. The van der Waals surface area contributed by atoms with Crippen molar-refractivity contribution in [2.45, 2.75) is 32.1 Å². The highest BCUT2D eigenvalue weighted by atomic mass is 16.1. The predicted molar refractivity (Wildman–Crippen MR) is 57.6 cm³/mol. The van der Waals surface area contributed by atoms with Gasteiger partial charge in [-0.15, -0.1) is 0 Å². The van der Waals surface area contributed by atoms with Crippen LogP contribution in [0.25, 0.3) is 0 Å². The van der Waals surface area contributed by atoms with Crippen LogP contribution in [-0.4, -0.2) is 4.57 Å². The normalized spacial score (nSPS) is 14.4. The molecule has 15 heavy (non-hydrogen) atoms. The van der Waals surface area contributed by atoms with Gasteiger partial charge in [0, 0.05) is 18.3 Å². The number of aromatic nitrogens is 1. The number of nitriles is 1. The Bertz CT molecular complexity index is 480. The molecule has 1 aromatic heterocycles. The first-order chi connectivity index (χ1) is 7.24. The van der Waals surface area contributed by atoms with Gasteiger partial charge in [-0.05, 0) is 37.3 Å². The van der Waals surface area contributed by atoms with Crippen molar-refractivity contribution in [2.24, 2.45) is 7.05 Å². The van der Waals surface area contributed by atoms with E-state index in [1.807, 2.05) is 19.2 Å². The molecular formula is C12H14N2O. The molecule has 1 aliphatic carbocycles. The molecule has 0 radical (unpaired) electrons. The van der Waals surface area contributed by atoms with Crippen molar-refractivity contribution in [3.8, 4) is 6.07 Å². The lowest BCUT2D eigenvalue weighted by Gasteiger charge is -2.19. The smallest absolute Gasteiger partial charge is 0.254 e. The van der Waals surface area contributed by atoms with E-state index in [9.17, 15) is 4.79 Å².